The van der Waals surface area contributed by atoms with Gasteiger partial charge >= 0.3 is 0 Å². The van der Waals surface area contributed by atoms with E-state index in [1.807, 2.05) is 4.90 Å². The molecule has 1 aromatic carbocycles. The average molecular weight is 358 g/mol. The molecule has 1 saturated carbocycles. The highest BCUT2D eigenvalue weighted by molar-refractivity contribution is 5.94. The Hall–Kier alpha value is -2.74. The Balaban J connectivity index is 1.78. The Morgan fingerprint density at radius 1 is 1.35 bits per heavy atom. The van der Waals surface area contributed by atoms with Crippen molar-refractivity contribution < 1.29 is 14.5 Å². The van der Waals surface area contributed by atoms with Gasteiger partial charge < -0.3 is 9.64 Å². The van der Waals surface area contributed by atoms with E-state index in [0.717, 1.165) is 25.7 Å². The molecule has 1 aliphatic carbocycles. The van der Waals surface area contributed by atoms with Crippen LogP contribution in [0.3, 0.4) is 0 Å². The number of methoxy groups -OCH3 is 1. The maximum Gasteiger partial charge on any atom is 0.269 e. The van der Waals surface area contributed by atoms with Gasteiger partial charge in [-0.15, -0.1) is 0 Å². The van der Waals surface area contributed by atoms with Gasteiger partial charge in [0.05, 0.1) is 29.0 Å². The van der Waals surface area contributed by atoms with E-state index < -0.39 is 4.92 Å². The van der Waals surface area contributed by atoms with Gasteiger partial charge in [-0.1, -0.05) is 12.8 Å². The molecule has 3 rings (SSSR count). The lowest BCUT2D eigenvalue weighted by Crippen LogP contribution is -2.40. The minimum absolute atomic E-state index is 0.0178. The molecular weight excluding hydrogens is 336 g/mol. The van der Waals surface area contributed by atoms with Crippen LogP contribution in [0, 0.1) is 10.1 Å². The molecule has 0 bridgehead atoms. The fraction of sp³-hybridized carbons (Fsp3) is 0.444. The Bertz CT molecular complexity index is 766. The molecular formula is C18H22N4O4. The largest absolute Gasteiger partial charge is 0.383 e. The molecule has 1 fully saturated rings. The van der Waals surface area contributed by atoms with Gasteiger partial charge in [-0.3, -0.25) is 14.9 Å². The molecule has 0 radical (unpaired) electrons. The molecule has 0 unspecified atom stereocenters. The second-order valence-corrected chi connectivity index (χ2v) is 6.38. The quantitative estimate of drug-likeness (QED) is 0.561. The molecule has 2 aromatic rings. The molecule has 138 valence electrons. The van der Waals surface area contributed by atoms with Crippen molar-refractivity contribution in [1.29, 1.82) is 0 Å². The van der Waals surface area contributed by atoms with Gasteiger partial charge in [0.2, 0.25) is 0 Å². The lowest BCUT2D eigenvalue weighted by molar-refractivity contribution is -0.384. The molecule has 0 N–H and O–H groups in total. The van der Waals surface area contributed by atoms with Crippen LogP contribution < -0.4 is 0 Å². The summed E-state index contributed by atoms with van der Waals surface area (Å²) in [5.41, 5.74) is 1.19. The highest BCUT2D eigenvalue weighted by Crippen LogP contribution is 2.25. The van der Waals surface area contributed by atoms with Crippen LogP contribution >= 0.6 is 0 Å². The maximum atomic E-state index is 13.0. The van der Waals surface area contributed by atoms with Crippen LogP contribution in [0.15, 0.2) is 36.7 Å². The van der Waals surface area contributed by atoms with Crippen LogP contribution in [0.4, 0.5) is 5.69 Å². The number of nitrogens with zero attached hydrogens (tertiary/aromatic N) is 4. The summed E-state index contributed by atoms with van der Waals surface area (Å²) in [4.78, 5) is 25.1. The van der Waals surface area contributed by atoms with Crippen molar-refractivity contribution >= 4 is 11.6 Å². The van der Waals surface area contributed by atoms with Crippen LogP contribution in [0.5, 0.6) is 0 Å². The first-order valence-electron chi connectivity index (χ1n) is 8.69. The van der Waals surface area contributed by atoms with E-state index in [-0.39, 0.29) is 17.6 Å². The Kier molecular flexibility index (Phi) is 5.62. The van der Waals surface area contributed by atoms with E-state index in [0.29, 0.717) is 24.4 Å². The summed E-state index contributed by atoms with van der Waals surface area (Å²) in [6, 6.07) is 6.31. The fourth-order valence-electron chi connectivity index (χ4n) is 3.32. The van der Waals surface area contributed by atoms with Crippen molar-refractivity contribution in [2.45, 2.75) is 31.7 Å². The van der Waals surface area contributed by atoms with E-state index in [2.05, 4.69) is 5.10 Å². The van der Waals surface area contributed by atoms with Crippen LogP contribution in [0.1, 0.15) is 36.0 Å². The van der Waals surface area contributed by atoms with Gasteiger partial charge in [-0.25, -0.2) is 4.68 Å². The Morgan fingerprint density at radius 2 is 2.04 bits per heavy atom. The van der Waals surface area contributed by atoms with Crippen LogP contribution in [0.25, 0.3) is 5.69 Å². The summed E-state index contributed by atoms with van der Waals surface area (Å²) in [7, 11) is 1.63. The standard InChI is InChI=1S/C18H22N4O4/c1-26-11-10-20(15-4-2-3-5-15)18(23)14-12-19-21(13-14)16-6-8-17(9-7-16)22(24)25/h6-9,12-13,15H,2-5,10-11H2,1H3. The lowest BCUT2D eigenvalue weighted by atomic mass is 10.2. The minimum Gasteiger partial charge on any atom is -0.383 e. The summed E-state index contributed by atoms with van der Waals surface area (Å²) in [5.74, 6) is -0.0536. The van der Waals surface area contributed by atoms with Gasteiger partial charge in [0.1, 0.15) is 0 Å². The monoisotopic (exact) mass is 358 g/mol. The summed E-state index contributed by atoms with van der Waals surface area (Å²) in [5, 5.41) is 15.0. The number of rotatable bonds is 7. The van der Waals surface area contributed by atoms with Gasteiger partial charge in [-0.2, -0.15) is 5.10 Å². The highest BCUT2D eigenvalue weighted by atomic mass is 16.6. The number of carbonyl (C=O) groups excluding carboxylic acids is 1. The zero-order valence-electron chi connectivity index (χ0n) is 14.7. The van der Waals surface area contributed by atoms with E-state index >= 15 is 0 Å². The zero-order valence-corrected chi connectivity index (χ0v) is 14.7. The van der Waals surface area contributed by atoms with E-state index in [9.17, 15) is 14.9 Å². The van der Waals surface area contributed by atoms with Crippen LogP contribution in [-0.4, -0.2) is 51.8 Å². The summed E-state index contributed by atoms with van der Waals surface area (Å²) in [6.07, 6.45) is 7.53. The normalized spacial score (nSPS) is 14.5. The van der Waals surface area contributed by atoms with Crippen molar-refractivity contribution in [3.8, 4) is 5.69 Å². The van der Waals surface area contributed by atoms with Crippen molar-refractivity contribution in [3.05, 3.63) is 52.3 Å². The van der Waals surface area contributed by atoms with Crippen molar-refractivity contribution in [1.82, 2.24) is 14.7 Å². The first-order valence-corrected chi connectivity index (χ1v) is 8.69. The summed E-state index contributed by atoms with van der Waals surface area (Å²) >= 11 is 0. The molecule has 8 heteroatoms. The molecule has 0 aliphatic heterocycles. The number of aromatic nitrogens is 2. The van der Waals surface area contributed by atoms with Gasteiger partial charge in [0.25, 0.3) is 11.6 Å². The number of hydrogen-bond donors (Lipinski definition) is 0. The van der Waals surface area contributed by atoms with Gasteiger partial charge in [0.15, 0.2) is 0 Å². The first-order chi connectivity index (χ1) is 12.6. The second kappa shape index (κ2) is 8.09. The van der Waals surface area contributed by atoms with Crippen LogP contribution in [0.2, 0.25) is 0 Å². The first kappa shape index (κ1) is 18.1. The number of benzene rings is 1. The average Bonchev–Trinajstić information content (AvgIpc) is 3.34. The number of non-ortho nitro benzene ring substituents is 1. The van der Waals surface area contributed by atoms with E-state index in [1.165, 1.54) is 12.1 Å². The molecule has 1 heterocycles. The van der Waals surface area contributed by atoms with Gasteiger partial charge in [0, 0.05) is 38.0 Å². The lowest BCUT2D eigenvalue weighted by Gasteiger charge is -2.28. The molecule has 1 aromatic heterocycles. The number of nitro groups is 1. The number of amides is 1. The fourth-order valence-corrected chi connectivity index (χ4v) is 3.32. The second-order valence-electron chi connectivity index (χ2n) is 6.38. The number of ether oxygens (including phenoxy) is 1. The molecule has 1 aliphatic rings. The predicted molar refractivity (Wildman–Crippen MR) is 95.4 cm³/mol. The molecule has 0 saturated heterocycles. The Morgan fingerprint density at radius 3 is 2.65 bits per heavy atom. The molecule has 0 atom stereocenters. The van der Waals surface area contributed by atoms with E-state index in [1.54, 1.807) is 36.3 Å². The van der Waals surface area contributed by atoms with E-state index in [4.69, 9.17) is 4.74 Å². The predicted octanol–water partition coefficient (Wildman–Crippen LogP) is 2.81. The van der Waals surface area contributed by atoms with Gasteiger partial charge in [-0.05, 0) is 25.0 Å². The number of nitro benzene ring substituents is 1. The molecule has 26 heavy (non-hydrogen) atoms. The maximum absolute atomic E-state index is 13.0. The third-order valence-electron chi connectivity index (χ3n) is 4.72. The van der Waals surface area contributed by atoms with Crippen molar-refractivity contribution in [2.75, 3.05) is 20.3 Å². The molecule has 8 nitrogen and oxygen atoms in total. The smallest absolute Gasteiger partial charge is 0.269 e. The molecule has 0 spiro atoms. The topological polar surface area (TPSA) is 90.5 Å². The number of hydrogen-bond acceptors (Lipinski definition) is 5. The minimum atomic E-state index is -0.447. The third kappa shape index (κ3) is 3.91. The highest BCUT2D eigenvalue weighted by Gasteiger charge is 2.28. The third-order valence-corrected chi connectivity index (χ3v) is 4.72. The van der Waals surface area contributed by atoms with Crippen molar-refractivity contribution in [3.63, 3.8) is 0 Å². The Labute approximate surface area is 151 Å². The van der Waals surface area contributed by atoms with Crippen LogP contribution in [-0.2, 0) is 4.74 Å². The SMILES string of the molecule is COCCN(C(=O)c1cnn(-c2ccc([N+](=O)[O-])cc2)c1)C1CCCC1. The zero-order chi connectivity index (χ0) is 18.5. The summed E-state index contributed by atoms with van der Waals surface area (Å²) in [6.45, 7) is 1.06. The number of carbonyl (C=O) groups is 1. The summed E-state index contributed by atoms with van der Waals surface area (Å²) < 4.78 is 6.71. The van der Waals surface area contributed by atoms with Crippen molar-refractivity contribution in [2.24, 2.45) is 0 Å². The molecule has 1 amide bonds.